The van der Waals surface area contributed by atoms with Crippen LogP contribution in [-0.4, -0.2) is 39.3 Å². The van der Waals surface area contributed by atoms with Gasteiger partial charge in [-0.05, 0) is 52.1 Å². The largest absolute Gasteiger partial charge is 0.493 e. The molecule has 2 N–H and O–H groups in total. The van der Waals surface area contributed by atoms with Crippen LogP contribution in [0.15, 0.2) is 18.2 Å². The predicted octanol–water partition coefficient (Wildman–Crippen LogP) is 1.82. The van der Waals surface area contributed by atoms with Gasteiger partial charge in [-0.25, -0.2) is 0 Å². The Hall–Kier alpha value is -1.75. The van der Waals surface area contributed by atoms with E-state index in [-0.39, 0.29) is 12.0 Å². The number of hydrogen-bond donors (Lipinski definition) is 2. The molecule has 1 aromatic carbocycles. The minimum absolute atomic E-state index is 0.0603. The van der Waals surface area contributed by atoms with E-state index in [1.165, 1.54) is 0 Å². The molecule has 0 bridgehead atoms. The first-order valence-electron chi connectivity index (χ1n) is 6.86. The van der Waals surface area contributed by atoms with Crippen LogP contribution in [-0.2, 0) is 0 Å². The van der Waals surface area contributed by atoms with Gasteiger partial charge in [0.2, 0.25) is 0 Å². The molecule has 1 rings (SSSR count). The Morgan fingerprint density at radius 1 is 1.25 bits per heavy atom. The van der Waals surface area contributed by atoms with E-state index in [9.17, 15) is 4.79 Å². The van der Waals surface area contributed by atoms with Crippen LogP contribution in [0.1, 0.15) is 30.6 Å². The highest BCUT2D eigenvalue weighted by atomic mass is 16.5. The molecule has 0 saturated carbocycles. The van der Waals surface area contributed by atoms with Gasteiger partial charge in [-0.3, -0.25) is 4.79 Å². The SMILES string of the molecule is CNCCCNC(=O)c1ccc(OC(C)C)c(OC)c1. The molecule has 0 spiro atoms. The summed E-state index contributed by atoms with van der Waals surface area (Å²) in [5.41, 5.74) is 0.572. The van der Waals surface area contributed by atoms with Crippen molar-refractivity contribution in [2.45, 2.75) is 26.4 Å². The normalized spacial score (nSPS) is 10.4. The zero-order valence-corrected chi connectivity index (χ0v) is 12.7. The summed E-state index contributed by atoms with van der Waals surface area (Å²) in [5, 5.41) is 5.91. The fraction of sp³-hybridized carbons (Fsp3) is 0.533. The Morgan fingerprint density at radius 3 is 2.60 bits per heavy atom. The van der Waals surface area contributed by atoms with Crippen LogP contribution in [0.2, 0.25) is 0 Å². The zero-order valence-electron chi connectivity index (χ0n) is 12.7. The topological polar surface area (TPSA) is 59.6 Å². The van der Waals surface area contributed by atoms with E-state index in [1.54, 1.807) is 25.3 Å². The lowest BCUT2D eigenvalue weighted by Crippen LogP contribution is -2.26. The summed E-state index contributed by atoms with van der Waals surface area (Å²) in [7, 11) is 3.46. The monoisotopic (exact) mass is 280 g/mol. The second-order valence-corrected chi connectivity index (χ2v) is 4.75. The van der Waals surface area contributed by atoms with Crippen LogP contribution in [0.25, 0.3) is 0 Å². The van der Waals surface area contributed by atoms with Gasteiger partial charge in [0.1, 0.15) is 0 Å². The van der Waals surface area contributed by atoms with Gasteiger partial charge in [-0.15, -0.1) is 0 Å². The molecule has 0 aliphatic carbocycles. The van der Waals surface area contributed by atoms with Gasteiger partial charge in [0.25, 0.3) is 5.91 Å². The van der Waals surface area contributed by atoms with E-state index in [4.69, 9.17) is 9.47 Å². The molecular formula is C15H24N2O3. The second kappa shape index (κ2) is 8.43. The minimum Gasteiger partial charge on any atom is -0.493 e. The molecule has 5 nitrogen and oxygen atoms in total. The quantitative estimate of drug-likeness (QED) is 0.713. The van der Waals surface area contributed by atoms with Gasteiger partial charge in [0, 0.05) is 12.1 Å². The molecule has 0 aromatic heterocycles. The lowest BCUT2D eigenvalue weighted by Gasteiger charge is -2.14. The summed E-state index contributed by atoms with van der Waals surface area (Å²) in [4.78, 5) is 12.0. The van der Waals surface area contributed by atoms with Crippen LogP contribution < -0.4 is 20.1 Å². The summed E-state index contributed by atoms with van der Waals surface area (Å²) in [6, 6.07) is 5.21. The molecular weight excluding hydrogens is 256 g/mol. The molecule has 0 radical (unpaired) electrons. The lowest BCUT2D eigenvalue weighted by molar-refractivity contribution is 0.0953. The number of rotatable bonds is 8. The number of ether oxygens (including phenoxy) is 2. The molecule has 0 unspecified atom stereocenters. The van der Waals surface area contributed by atoms with Crippen molar-refractivity contribution in [1.82, 2.24) is 10.6 Å². The Bertz CT molecular complexity index is 433. The number of amides is 1. The molecule has 0 atom stereocenters. The van der Waals surface area contributed by atoms with Crippen molar-refractivity contribution in [2.75, 3.05) is 27.2 Å². The second-order valence-electron chi connectivity index (χ2n) is 4.75. The van der Waals surface area contributed by atoms with Gasteiger partial charge < -0.3 is 20.1 Å². The fourth-order valence-corrected chi connectivity index (χ4v) is 1.73. The van der Waals surface area contributed by atoms with Gasteiger partial charge in [0.05, 0.1) is 13.2 Å². The van der Waals surface area contributed by atoms with E-state index in [0.29, 0.717) is 23.6 Å². The summed E-state index contributed by atoms with van der Waals surface area (Å²) in [6.07, 6.45) is 0.957. The van der Waals surface area contributed by atoms with Gasteiger partial charge in [-0.2, -0.15) is 0 Å². The highest BCUT2D eigenvalue weighted by Crippen LogP contribution is 2.28. The first-order chi connectivity index (χ1) is 9.58. The highest BCUT2D eigenvalue weighted by Gasteiger charge is 2.11. The first-order valence-corrected chi connectivity index (χ1v) is 6.86. The molecule has 20 heavy (non-hydrogen) atoms. The average molecular weight is 280 g/mol. The van der Waals surface area contributed by atoms with Crippen molar-refractivity contribution in [3.8, 4) is 11.5 Å². The van der Waals surface area contributed by atoms with Crippen LogP contribution in [0.3, 0.4) is 0 Å². The predicted molar refractivity (Wildman–Crippen MR) is 79.6 cm³/mol. The lowest BCUT2D eigenvalue weighted by atomic mass is 10.2. The van der Waals surface area contributed by atoms with Crippen molar-refractivity contribution in [3.63, 3.8) is 0 Å². The maximum absolute atomic E-state index is 12.0. The third-order valence-corrected chi connectivity index (χ3v) is 2.68. The molecule has 0 aliphatic rings. The Balaban J connectivity index is 2.69. The zero-order chi connectivity index (χ0) is 15.0. The van der Waals surface area contributed by atoms with Gasteiger partial charge in [-0.1, -0.05) is 0 Å². The molecule has 5 heteroatoms. The van der Waals surface area contributed by atoms with Crippen molar-refractivity contribution >= 4 is 5.91 Å². The number of hydrogen-bond acceptors (Lipinski definition) is 4. The number of nitrogens with one attached hydrogen (secondary N) is 2. The summed E-state index contributed by atoms with van der Waals surface area (Å²) >= 11 is 0. The summed E-state index contributed by atoms with van der Waals surface area (Å²) in [5.74, 6) is 1.12. The van der Waals surface area contributed by atoms with Crippen LogP contribution >= 0.6 is 0 Å². The first kappa shape index (κ1) is 16.3. The third-order valence-electron chi connectivity index (χ3n) is 2.68. The standard InChI is InChI=1S/C15H24N2O3/c1-11(2)20-13-7-6-12(10-14(13)19-4)15(18)17-9-5-8-16-3/h6-7,10-11,16H,5,8-9H2,1-4H3,(H,17,18). The van der Waals surface area contributed by atoms with Crippen LogP contribution in [0, 0.1) is 0 Å². The maximum atomic E-state index is 12.0. The number of methoxy groups -OCH3 is 1. The number of benzene rings is 1. The smallest absolute Gasteiger partial charge is 0.251 e. The molecule has 0 heterocycles. The Kier molecular flexibility index (Phi) is 6.87. The molecule has 0 saturated heterocycles. The van der Waals surface area contributed by atoms with Crippen molar-refractivity contribution in [1.29, 1.82) is 0 Å². The summed E-state index contributed by atoms with van der Waals surface area (Å²) < 4.78 is 10.9. The molecule has 0 fully saturated rings. The van der Waals surface area contributed by atoms with Gasteiger partial charge >= 0.3 is 0 Å². The summed E-state index contributed by atoms with van der Waals surface area (Å²) in [6.45, 7) is 5.42. The molecule has 1 aromatic rings. The maximum Gasteiger partial charge on any atom is 0.251 e. The molecule has 112 valence electrons. The van der Waals surface area contributed by atoms with E-state index in [0.717, 1.165) is 13.0 Å². The number of carbonyl (C=O) groups excluding carboxylic acids is 1. The van der Waals surface area contributed by atoms with E-state index in [2.05, 4.69) is 10.6 Å². The minimum atomic E-state index is -0.101. The van der Waals surface area contributed by atoms with Crippen LogP contribution in [0.4, 0.5) is 0 Å². The van der Waals surface area contributed by atoms with Gasteiger partial charge in [0.15, 0.2) is 11.5 Å². The Morgan fingerprint density at radius 2 is 2.00 bits per heavy atom. The van der Waals surface area contributed by atoms with Crippen molar-refractivity contribution in [3.05, 3.63) is 23.8 Å². The van der Waals surface area contributed by atoms with E-state index >= 15 is 0 Å². The van der Waals surface area contributed by atoms with E-state index in [1.807, 2.05) is 20.9 Å². The van der Waals surface area contributed by atoms with Crippen molar-refractivity contribution in [2.24, 2.45) is 0 Å². The van der Waals surface area contributed by atoms with E-state index < -0.39 is 0 Å². The van der Waals surface area contributed by atoms with Crippen LogP contribution in [0.5, 0.6) is 11.5 Å². The third kappa shape index (κ3) is 5.09. The molecule has 0 aliphatic heterocycles. The highest BCUT2D eigenvalue weighted by molar-refractivity contribution is 5.94. The number of carbonyl (C=O) groups is 1. The van der Waals surface area contributed by atoms with Crippen molar-refractivity contribution < 1.29 is 14.3 Å². The Labute approximate surface area is 120 Å². The fourth-order valence-electron chi connectivity index (χ4n) is 1.73. The molecule has 1 amide bonds. The average Bonchev–Trinajstić information content (AvgIpc) is 2.43.